The molecule has 2 amide bonds. The summed E-state index contributed by atoms with van der Waals surface area (Å²) in [6, 6.07) is 17.8. The summed E-state index contributed by atoms with van der Waals surface area (Å²) in [6.07, 6.45) is 2.71. The molecule has 0 unspecified atom stereocenters. The fourth-order valence-electron chi connectivity index (χ4n) is 3.52. The lowest BCUT2D eigenvalue weighted by Gasteiger charge is -2.35. The maximum atomic E-state index is 12.6. The van der Waals surface area contributed by atoms with Crippen LogP contribution in [0.1, 0.15) is 24.0 Å². The van der Waals surface area contributed by atoms with Crippen molar-refractivity contribution in [1.82, 2.24) is 9.80 Å². The molecule has 0 radical (unpaired) electrons. The number of hydrogen-bond acceptors (Lipinski definition) is 3. The van der Waals surface area contributed by atoms with Crippen LogP contribution in [0.5, 0.6) is 5.75 Å². The summed E-state index contributed by atoms with van der Waals surface area (Å²) in [4.78, 5) is 28.7. The van der Waals surface area contributed by atoms with E-state index in [1.165, 1.54) is 5.56 Å². The van der Waals surface area contributed by atoms with E-state index in [2.05, 4.69) is 12.1 Å². The van der Waals surface area contributed by atoms with Crippen molar-refractivity contribution < 1.29 is 14.3 Å². The van der Waals surface area contributed by atoms with E-state index in [9.17, 15) is 9.59 Å². The molecule has 0 atom stereocenters. The summed E-state index contributed by atoms with van der Waals surface area (Å²) in [5.41, 5.74) is 2.21. The van der Waals surface area contributed by atoms with Gasteiger partial charge in [-0.1, -0.05) is 42.5 Å². The quantitative estimate of drug-likeness (QED) is 0.742. The Morgan fingerprint density at radius 3 is 2.18 bits per heavy atom. The van der Waals surface area contributed by atoms with E-state index in [0.29, 0.717) is 39.0 Å². The van der Waals surface area contributed by atoms with E-state index in [1.807, 2.05) is 52.3 Å². The molecule has 1 aliphatic heterocycles. The summed E-state index contributed by atoms with van der Waals surface area (Å²) in [5.74, 6) is 1.05. The van der Waals surface area contributed by atoms with Gasteiger partial charge in [0.05, 0.1) is 13.5 Å². The van der Waals surface area contributed by atoms with Crippen molar-refractivity contribution in [3.63, 3.8) is 0 Å². The Balaban J connectivity index is 1.40. The van der Waals surface area contributed by atoms with Gasteiger partial charge in [-0.25, -0.2) is 0 Å². The molecule has 5 nitrogen and oxygen atoms in total. The molecule has 2 aromatic carbocycles. The lowest BCUT2D eigenvalue weighted by Crippen LogP contribution is -2.51. The van der Waals surface area contributed by atoms with Gasteiger partial charge in [0.1, 0.15) is 5.75 Å². The zero-order chi connectivity index (χ0) is 19.8. The number of ether oxygens (including phenoxy) is 1. The number of amides is 2. The number of hydrogen-bond donors (Lipinski definition) is 0. The van der Waals surface area contributed by atoms with Crippen LogP contribution in [0.4, 0.5) is 0 Å². The zero-order valence-corrected chi connectivity index (χ0v) is 16.5. The normalized spacial score (nSPS) is 14.0. The van der Waals surface area contributed by atoms with Gasteiger partial charge >= 0.3 is 0 Å². The molecule has 28 heavy (non-hydrogen) atoms. The largest absolute Gasteiger partial charge is 0.497 e. The van der Waals surface area contributed by atoms with Crippen LogP contribution in [-0.4, -0.2) is 54.9 Å². The molecule has 5 heteroatoms. The maximum Gasteiger partial charge on any atom is 0.227 e. The molecule has 2 aromatic rings. The summed E-state index contributed by atoms with van der Waals surface area (Å²) >= 11 is 0. The van der Waals surface area contributed by atoms with Crippen molar-refractivity contribution in [3.05, 3.63) is 65.7 Å². The van der Waals surface area contributed by atoms with Gasteiger partial charge in [0.25, 0.3) is 0 Å². The first-order valence-corrected chi connectivity index (χ1v) is 9.88. The molecule has 1 saturated heterocycles. The van der Waals surface area contributed by atoms with E-state index in [4.69, 9.17) is 4.74 Å². The van der Waals surface area contributed by atoms with Crippen LogP contribution < -0.4 is 4.74 Å². The number of methoxy groups -OCH3 is 1. The molecule has 0 aliphatic carbocycles. The van der Waals surface area contributed by atoms with Crippen LogP contribution in [0.25, 0.3) is 0 Å². The molecule has 3 rings (SSSR count). The van der Waals surface area contributed by atoms with E-state index >= 15 is 0 Å². The first kappa shape index (κ1) is 19.9. The molecule has 1 aliphatic rings. The molecule has 148 valence electrons. The van der Waals surface area contributed by atoms with Gasteiger partial charge in [-0.2, -0.15) is 0 Å². The van der Waals surface area contributed by atoms with Crippen molar-refractivity contribution in [3.8, 4) is 5.75 Å². The average molecular weight is 380 g/mol. The fourth-order valence-corrected chi connectivity index (χ4v) is 3.52. The highest BCUT2D eigenvalue weighted by molar-refractivity contribution is 5.80. The van der Waals surface area contributed by atoms with Crippen LogP contribution in [0, 0.1) is 0 Å². The van der Waals surface area contributed by atoms with Gasteiger partial charge < -0.3 is 14.5 Å². The fraction of sp³-hybridized carbons (Fsp3) is 0.391. The lowest BCUT2D eigenvalue weighted by atomic mass is 10.1. The predicted octanol–water partition coefficient (Wildman–Crippen LogP) is 2.93. The van der Waals surface area contributed by atoms with Crippen molar-refractivity contribution in [2.75, 3.05) is 33.3 Å². The van der Waals surface area contributed by atoms with Crippen LogP contribution in [0.3, 0.4) is 0 Å². The third-order valence-electron chi connectivity index (χ3n) is 5.17. The van der Waals surface area contributed by atoms with Crippen molar-refractivity contribution in [1.29, 1.82) is 0 Å². The van der Waals surface area contributed by atoms with Crippen LogP contribution in [0.15, 0.2) is 54.6 Å². The number of nitrogens with zero attached hydrogens (tertiary/aromatic N) is 2. The van der Waals surface area contributed by atoms with Crippen LogP contribution >= 0.6 is 0 Å². The smallest absolute Gasteiger partial charge is 0.227 e. The summed E-state index contributed by atoms with van der Waals surface area (Å²) in [5, 5.41) is 0. The predicted molar refractivity (Wildman–Crippen MR) is 109 cm³/mol. The third-order valence-corrected chi connectivity index (χ3v) is 5.17. The third kappa shape index (κ3) is 5.59. The van der Waals surface area contributed by atoms with Gasteiger partial charge in [0.15, 0.2) is 0 Å². The van der Waals surface area contributed by atoms with E-state index in [1.54, 1.807) is 7.11 Å². The SMILES string of the molecule is COc1cccc(CC(=O)N2CCN(C(=O)CCCc3ccccc3)CC2)c1. The molecule has 1 heterocycles. The summed E-state index contributed by atoms with van der Waals surface area (Å²) in [7, 11) is 1.62. The number of benzene rings is 2. The zero-order valence-electron chi connectivity index (χ0n) is 16.5. The minimum absolute atomic E-state index is 0.101. The summed E-state index contributed by atoms with van der Waals surface area (Å²) in [6.45, 7) is 2.45. The first-order chi connectivity index (χ1) is 13.7. The van der Waals surface area contributed by atoms with E-state index < -0.39 is 0 Å². The molecule has 0 N–H and O–H groups in total. The molecule has 0 bridgehead atoms. The summed E-state index contributed by atoms with van der Waals surface area (Å²) < 4.78 is 5.21. The second-order valence-electron chi connectivity index (χ2n) is 7.13. The standard InChI is InChI=1S/C23H28N2O3/c1-28-21-11-5-10-20(17-21)18-23(27)25-15-13-24(14-16-25)22(26)12-6-9-19-7-3-2-4-8-19/h2-5,7-8,10-11,17H,6,9,12-16,18H2,1H3. The Morgan fingerprint density at radius 2 is 1.50 bits per heavy atom. The molecular formula is C23H28N2O3. The second kappa shape index (κ2) is 9.93. The van der Waals surface area contributed by atoms with Gasteiger partial charge in [-0.15, -0.1) is 0 Å². The van der Waals surface area contributed by atoms with Gasteiger partial charge in [-0.3, -0.25) is 9.59 Å². The minimum Gasteiger partial charge on any atom is -0.497 e. The van der Waals surface area contributed by atoms with Gasteiger partial charge in [0.2, 0.25) is 11.8 Å². The maximum absolute atomic E-state index is 12.6. The second-order valence-corrected chi connectivity index (χ2v) is 7.13. The van der Waals surface area contributed by atoms with Crippen molar-refractivity contribution >= 4 is 11.8 Å². The molecule has 1 fully saturated rings. The number of carbonyl (C=O) groups is 2. The Morgan fingerprint density at radius 1 is 0.857 bits per heavy atom. The highest BCUT2D eigenvalue weighted by atomic mass is 16.5. The Hall–Kier alpha value is -2.82. The van der Waals surface area contributed by atoms with E-state index in [-0.39, 0.29) is 11.8 Å². The first-order valence-electron chi connectivity index (χ1n) is 9.88. The lowest BCUT2D eigenvalue weighted by molar-refractivity contribution is -0.139. The van der Waals surface area contributed by atoms with Gasteiger partial charge in [0, 0.05) is 32.6 Å². The van der Waals surface area contributed by atoms with Crippen molar-refractivity contribution in [2.45, 2.75) is 25.7 Å². The molecule has 0 saturated carbocycles. The van der Waals surface area contributed by atoms with E-state index in [0.717, 1.165) is 24.2 Å². The minimum atomic E-state index is 0.101. The van der Waals surface area contributed by atoms with Crippen LogP contribution in [-0.2, 0) is 22.4 Å². The monoisotopic (exact) mass is 380 g/mol. The topological polar surface area (TPSA) is 49.9 Å². The number of carbonyl (C=O) groups excluding carboxylic acids is 2. The molecular weight excluding hydrogens is 352 g/mol. The Labute approximate surface area is 166 Å². The van der Waals surface area contributed by atoms with Crippen molar-refractivity contribution in [2.24, 2.45) is 0 Å². The van der Waals surface area contributed by atoms with Gasteiger partial charge in [-0.05, 0) is 36.1 Å². The van der Waals surface area contributed by atoms with Crippen LogP contribution in [0.2, 0.25) is 0 Å². The number of rotatable bonds is 7. The molecule has 0 aromatic heterocycles. The Kier molecular flexibility index (Phi) is 7.06. The Bertz CT molecular complexity index is 783. The number of piperazine rings is 1. The average Bonchev–Trinajstić information content (AvgIpc) is 2.74. The highest BCUT2D eigenvalue weighted by Crippen LogP contribution is 2.15. The number of aryl methyl sites for hydroxylation is 1. The molecule has 0 spiro atoms. The highest BCUT2D eigenvalue weighted by Gasteiger charge is 2.23.